The fourth-order valence-corrected chi connectivity index (χ4v) is 3.60. The Balaban J connectivity index is 1.66. The number of fused-ring (bicyclic) bond motifs is 1. The fraction of sp³-hybridized carbons (Fsp3) is 0.455. The Kier molecular flexibility index (Phi) is 6.81. The minimum atomic E-state index is -0.429. The maximum Gasteiger partial charge on any atom is 0.243 e. The first-order chi connectivity index (χ1) is 15.6. The van der Waals surface area contributed by atoms with E-state index in [1.807, 2.05) is 30.6 Å². The molecule has 0 spiro atoms. The molecule has 0 saturated carbocycles. The first-order valence-electron chi connectivity index (χ1n) is 10.8. The summed E-state index contributed by atoms with van der Waals surface area (Å²) in [6.45, 7) is 7.34. The molecule has 1 aromatic carbocycles. The van der Waals surface area contributed by atoms with Gasteiger partial charge in [0.1, 0.15) is 17.0 Å². The molecule has 0 bridgehead atoms. The lowest BCUT2D eigenvalue weighted by Gasteiger charge is -2.27. The zero-order chi connectivity index (χ0) is 22.5. The molecule has 3 heterocycles. The average Bonchev–Trinajstić information content (AvgIpc) is 3.26. The number of benzene rings is 1. The Morgan fingerprint density at radius 1 is 1.28 bits per heavy atom. The average molecular weight is 441 g/mol. The molecule has 2 aromatic heterocycles. The summed E-state index contributed by atoms with van der Waals surface area (Å²) in [6.07, 6.45) is 2.50. The number of hydroxylamine groups is 1. The highest BCUT2D eigenvalue weighted by Crippen LogP contribution is 2.31. The second kappa shape index (κ2) is 9.92. The third-order valence-electron chi connectivity index (χ3n) is 5.31. The maximum atomic E-state index is 11.1. The van der Waals surface area contributed by atoms with E-state index in [9.17, 15) is 4.79 Å². The van der Waals surface area contributed by atoms with Gasteiger partial charge in [0.2, 0.25) is 11.9 Å². The third kappa shape index (κ3) is 4.81. The van der Waals surface area contributed by atoms with Crippen LogP contribution in [-0.2, 0) is 9.53 Å². The summed E-state index contributed by atoms with van der Waals surface area (Å²) in [6, 6.07) is 7.89. The van der Waals surface area contributed by atoms with Crippen molar-refractivity contribution in [3.8, 4) is 17.0 Å². The Labute approximate surface area is 186 Å². The summed E-state index contributed by atoms with van der Waals surface area (Å²) in [4.78, 5) is 27.6. The lowest BCUT2D eigenvalue weighted by Crippen LogP contribution is -2.37. The Morgan fingerprint density at radius 3 is 2.84 bits per heavy atom. The molecule has 10 nitrogen and oxygen atoms in total. The van der Waals surface area contributed by atoms with Crippen LogP contribution in [-0.4, -0.2) is 63.5 Å². The number of morpholine rings is 1. The molecule has 1 fully saturated rings. The highest BCUT2D eigenvalue weighted by atomic mass is 16.5. The van der Waals surface area contributed by atoms with E-state index in [4.69, 9.17) is 24.6 Å². The zero-order valence-corrected chi connectivity index (χ0v) is 18.3. The molecule has 4 rings (SSSR count). The van der Waals surface area contributed by atoms with Gasteiger partial charge >= 0.3 is 0 Å². The molecular weight excluding hydrogens is 412 g/mol. The molecule has 0 unspecified atom stereocenters. The number of imidazole rings is 1. The van der Waals surface area contributed by atoms with Gasteiger partial charge in [0.15, 0.2) is 5.65 Å². The van der Waals surface area contributed by atoms with Crippen LogP contribution in [0.4, 0.5) is 5.95 Å². The number of amides is 1. The van der Waals surface area contributed by atoms with Crippen LogP contribution >= 0.6 is 0 Å². The molecule has 2 N–H and O–H groups in total. The van der Waals surface area contributed by atoms with Gasteiger partial charge < -0.3 is 18.9 Å². The number of hydrogen-bond donors (Lipinski definition) is 2. The van der Waals surface area contributed by atoms with Gasteiger partial charge in [-0.2, -0.15) is 4.98 Å². The number of carbonyl (C=O) groups is 1. The highest BCUT2D eigenvalue weighted by Gasteiger charge is 2.21. The Hall–Kier alpha value is -3.24. The number of ether oxygens (including phenoxy) is 2. The summed E-state index contributed by atoms with van der Waals surface area (Å²) >= 11 is 0. The summed E-state index contributed by atoms with van der Waals surface area (Å²) in [5, 5.41) is 8.58. The fourth-order valence-electron chi connectivity index (χ4n) is 3.60. The van der Waals surface area contributed by atoms with Crippen molar-refractivity contribution in [1.29, 1.82) is 0 Å². The highest BCUT2D eigenvalue weighted by molar-refractivity contribution is 5.88. The predicted molar refractivity (Wildman–Crippen MR) is 119 cm³/mol. The molecule has 170 valence electrons. The number of carbonyl (C=O) groups excluding carboxylic acids is 1. The molecular formula is C22H28N6O4. The SMILES string of the molecule is CC(C)n1cnc2c(-c3cccc(OCCCC(=O)NO)c3)nc(N3CCOCC3)nc21. The summed E-state index contributed by atoms with van der Waals surface area (Å²) in [5.41, 5.74) is 4.80. The summed E-state index contributed by atoms with van der Waals surface area (Å²) in [7, 11) is 0. The van der Waals surface area contributed by atoms with Crippen LogP contribution in [0.25, 0.3) is 22.4 Å². The number of aromatic nitrogens is 4. The predicted octanol–water partition coefficient (Wildman–Crippen LogP) is 2.58. The normalized spacial score (nSPS) is 14.2. The van der Waals surface area contributed by atoms with E-state index in [2.05, 4.69) is 28.3 Å². The van der Waals surface area contributed by atoms with Crippen LogP contribution in [0.15, 0.2) is 30.6 Å². The number of rotatable bonds is 8. The van der Waals surface area contributed by atoms with E-state index >= 15 is 0 Å². The molecule has 0 radical (unpaired) electrons. The largest absolute Gasteiger partial charge is 0.494 e. The monoisotopic (exact) mass is 440 g/mol. The van der Waals surface area contributed by atoms with E-state index in [1.54, 1.807) is 5.48 Å². The Bertz CT molecular complexity index is 1080. The van der Waals surface area contributed by atoms with Crippen LogP contribution in [0.5, 0.6) is 5.75 Å². The van der Waals surface area contributed by atoms with Crippen molar-refractivity contribution in [2.75, 3.05) is 37.8 Å². The standard InChI is InChI=1S/C22H28N6O4/c1-15(2)28-14-23-20-19(24-22(25-21(20)28)27-8-11-31-12-9-27)16-5-3-6-17(13-16)32-10-4-7-18(29)26-30/h3,5-6,13-15,30H,4,7-12H2,1-2H3,(H,26,29). The lowest BCUT2D eigenvalue weighted by atomic mass is 10.1. The van der Waals surface area contributed by atoms with Gasteiger partial charge in [-0.15, -0.1) is 0 Å². The maximum absolute atomic E-state index is 11.1. The second-order valence-corrected chi connectivity index (χ2v) is 7.90. The minimum absolute atomic E-state index is 0.193. The first-order valence-corrected chi connectivity index (χ1v) is 10.8. The molecule has 32 heavy (non-hydrogen) atoms. The molecule has 10 heteroatoms. The molecule has 1 amide bonds. The lowest BCUT2D eigenvalue weighted by molar-refractivity contribution is -0.129. The summed E-state index contributed by atoms with van der Waals surface area (Å²) < 4.78 is 13.3. The molecule has 1 saturated heterocycles. The van der Waals surface area contributed by atoms with E-state index in [0.717, 1.165) is 35.5 Å². The number of nitrogens with zero attached hydrogens (tertiary/aromatic N) is 5. The number of nitrogens with one attached hydrogen (secondary N) is 1. The Morgan fingerprint density at radius 2 is 2.09 bits per heavy atom. The summed E-state index contributed by atoms with van der Waals surface area (Å²) in [5.74, 6) is 0.913. The molecule has 0 atom stereocenters. The molecule has 3 aromatic rings. The van der Waals surface area contributed by atoms with Gasteiger partial charge in [-0.25, -0.2) is 15.4 Å². The van der Waals surface area contributed by atoms with Crippen LogP contribution in [0.3, 0.4) is 0 Å². The molecule has 1 aliphatic heterocycles. The second-order valence-electron chi connectivity index (χ2n) is 7.90. The van der Waals surface area contributed by atoms with Gasteiger partial charge in [0.05, 0.1) is 26.1 Å². The van der Waals surface area contributed by atoms with Crippen LogP contribution in [0.2, 0.25) is 0 Å². The minimum Gasteiger partial charge on any atom is -0.494 e. The topological polar surface area (TPSA) is 115 Å². The van der Waals surface area contributed by atoms with Crippen molar-refractivity contribution in [2.24, 2.45) is 0 Å². The van der Waals surface area contributed by atoms with Crippen LogP contribution < -0.4 is 15.1 Å². The quantitative estimate of drug-likeness (QED) is 0.312. The van der Waals surface area contributed by atoms with Crippen molar-refractivity contribution >= 4 is 23.0 Å². The first kappa shape index (κ1) is 22.0. The van der Waals surface area contributed by atoms with Crippen molar-refractivity contribution in [3.63, 3.8) is 0 Å². The van der Waals surface area contributed by atoms with Gasteiger partial charge in [0, 0.05) is 31.1 Å². The van der Waals surface area contributed by atoms with Gasteiger partial charge in [-0.05, 0) is 32.4 Å². The third-order valence-corrected chi connectivity index (χ3v) is 5.31. The molecule has 1 aliphatic rings. The van der Waals surface area contributed by atoms with Crippen molar-refractivity contribution in [2.45, 2.75) is 32.7 Å². The van der Waals surface area contributed by atoms with Gasteiger partial charge in [-0.1, -0.05) is 12.1 Å². The number of anilines is 1. The zero-order valence-electron chi connectivity index (χ0n) is 18.3. The van der Waals surface area contributed by atoms with E-state index in [1.165, 1.54) is 0 Å². The number of hydrogen-bond acceptors (Lipinski definition) is 8. The van der Waals surface area contributed by atoms with Crippen LogP contribution in [0, 0.1) is 0 Å². The van der Waals surface area contributed by atoms with Crippen LogP contribution in [0.1, 0.15) is 32.7 Å². The van der Waals surface area contributed by atoms with E-state index in [0.29, 0.717) is 37.9 Å². The van der Waals surface area contributed by atoms with Crippen molar-refractivity contribution in [3.05, 3.63) is 30.6 Å². The molecule has 0 aliphatic carbocycles. The van der Waals surface area contributed by atoms with Gasteiger partial charge in [0.25, 0.3) is 0 Å². The van der Waals surface area contributed by atoms with Crippen molar-refractivity contribution in [1.82, 2.24) is 25.0 Å². The van der Waals surface area contributed by atoms with E-state index in [-0.39, 0.29) is 12.5 Å². The van der Waals surface area contributed by atoms with Gasteiger partial charge in [-0.3, -0.25) is 10.0 Å². The van der Waals surface area contributed by atoms with E-state index < -0.39 is 5.91 Å². The smallest absolute Gasteiger partial charge is 0.243 e. The van der Waals surface area contributed by atoms with Crippen molar-refractivity contribution < 1.29 is 19.5 Å².